The smallest absolute Gasteiger partial charge is 0.115 e. The lowest BCUT2D eigenvalue weighted by Crippen LogP contribution is -2.31. The van der Waals surface area contributed by atoms with Crippen molar-refractivity contribution in [3.63, 3.8) is 0 Å². The maximum absolute atomic E-state index is 12.2. The minimum atomic E-state index is -1.06. The SMILES string of the molecule is CC(CNS(=O)C(C)C)C1CC=C(Cc2ccc(CCNS(=O)CCc3ccc(O)cc3)cc2)CC1. The van der Waals surface area contributed by atoms with Gasteiger partial charge in [-0.05, 0) is 93.0 Å². The monoisotopic (exact) mass is 530 g/mol. The van der Waals surface area contributed by atoms with E-state index in [0.717, 1.165) is 44.2 Å². The molecule has 4 atom stereocenters. The Morgan fingerprint density at radius 2 is 1.56 bits per heavy atom. The standard InChI is InChI=1S/C29H42N2O3S2/c1-22(2)36(34)31-21-23(3)28-12-8-27(9-13-28)20-26-6-4-24(5-7-26)16-18-30-35(33)19-17-25-10-14-29(32)15-11-25/h4-8,10-11,14-15,22-23,28,30-32H,9,12-13,16-21H2,1-3H3. The fraction of sp³-hybridized carbons (Fsp3) is 0.517. The zero-order chi connectivity index (χ0) is 25.9. The molecular formula is C29H42N2O3S2. The minimum Gasteiger partial charge on any atom is -0.508 e. The predicted molar refractivity (Wildman–Crippen MR) is 153 cm³/mol. The van der Waals surface area contributed by atoms with Crippen molar-refractivity contribution in [1.29, 1.82) is 0 Å². The fourth-order valence-electron chi connectivity index (χ4n) is 4.47. The van der Waals surface area contributed by atoms with Crippen molar-refractivity contribution in [1.82, 2.24) is 9.44 Å². The van der Waals surface area contributed by atoms with E-state index in [1.165, 1.54) is 23.1 Å². The maximum Gasteiger partial charge on any atom is 0.115 e. The van der Waals surface area contributed by atoms with Gasteiger partial charge in [0, 0.05) is 24.1 Å². The average molecular weight is 531 g/mol. The number of nitrogens with one attached hydrogen (secondary N) is 2. The molecule has 3 rings (SSSR count). The minimum absolute atomic E-state index is 0.157. The van der Waals surface area contributed by atoms with E-state index in [1.807, 2.05) is 26.0 Å². The molecule has 0 amide bonds. The molecular weight excluding hydrogens is 488 g/mol. The normalized spacial score (nSPS) is 18.6. The summed E-state index contributed by atoms with van der Waals surface area (Å²) in [5, 5.41) is 9.50. The molecule has 2 aromatic rings. The lowest BCUT2D eigenvalue weighted by Gasteiger charge is -2.28. The second-order valence-corrected chi connectivity index (χ2v) is 13.4. The molecule has 1 aliphatic rings. The first-order chi connectivity index (χ1) is 17.3. The lowest BCUT2D eigenvalue weighted by atomic mass is 9.80. The first-order valence-electron chi connectivity index (χ1n) is 13.1. The summed E-state index contributed by atoms with van der Waals surface area (Å²) in [6, 6.07) is 15.9. The molecule has 0 aromatic heterocycles. The molecule has 1 aliphatic carbocycles. The second kappa shape index (κ2) is 14.8. The summed E-state index contributed by atoms with van der Waals surface area (Å²) in [6.07, 6.45) is 8.47. The third-order valence-corrected chi connectivity index (χ3v) is 9.38. The number of aromatic hydroxyl groups is 1. The number of hydrogen-bond acceptors (Lipinski definition) is 3. The Labute approximate surface area is 222 Å². The van der Waals surface area contributed by atoms with Crippen molar-refractivity contribution in [3.05, 3.63) is 76.9 Å². The van der Waals surface area contributed by atoms with E-state index in [2.05, 4.69) is 46.7 Å². The van der Waals surface area contributed by atoms with Gasteiger partial charge < -0.3 is 5.11 Å². The van der Waals surface area contributed by atoms with Gasteiger partial charge in [0.05, 0.1) is 22.0 Å². The van der Waals surface area contributed by atoms with E-state index in [9.17, 15) is 13.5 Å². The average Bonchev–Trinajstić information content (AvgIpc) is 2.88. The number of rotatable bonds is 14. The highest BCUT2D eigenvalue weighted by Crippen LogP contribution is 2.30. The van der Waals surface area contributed by atoms with Gasteiger partial charge in [0.15, 0.2) is 0 Å². The number of hydrogen-bond donors (Lipinski definition) is 3. The van der Waals surface area contributed by atoms with Gasteiger partial charge in [-0.3, -0.25) is 0 Å². The number of aryl methyl sites for hydroxylation is 1. The van der Waals surface area contributed by atoms with Crippen LogP contribution >= 0.6 is 0 Å². The molecule has 0 saturated heterocycles. The Hall–Kier alpha value is -1.80. The molecule has 0 fully saturated rings. The Balaban J connectivity index is 1.34. The van der Waals surface area contributed by atoms with Crippen LogP contribution < -0.4 is 9.44 Å². The summed E-state index contributed by atoms with van der Waals surface area (Å²) in [6.45, 7) is 7.75. The van der Waals surface area contributed by atoms with E-state index in [4.69, 9.17) is 0 Å². The third kappa shape index (κ3) is 9.92. The summed E-state index contributed by atoms with van der Waals surface area (Å²) in [5.41, 5.74) is 5.19. The van der Waals surface area contributed by atoms with Crippen LogP contribution in [0, 0.1) is 11.8 Å². The summed E-state index contributed by atoms with van der Waals surface area (Å²) >= 11 is 0. The van der Waals surface area contributed by atoms with E-state index in [-0.39, 0.29) is 11.0 Å². The molecule has 0 heterocycles. The zero-order valence-electron chi connectivity index (χ0n) is 21.9. The van der Waals surface area contributed by atoms with Crippen molar-refractivity contribution in [3.8, 4) is 5.75 Å². The van der Waals surface area contributed by atoms with Crippen molar-refractivity contribution < 1.29 is 13.5 Å². The summed E-state index contributed by atoms with van der Waals surface area (Å²) in [5.74, 6) is 2.00. The van der Waals surface area contributed by atoms with E-state index in [1.54, 1.807) is 12.1 Å². The van der Waals surface area contributed by atoms with Crippen molar-refractivity contribution in [2.24, 2.45) is 11.8 Å². The Bertz CT molecular complexity index is 1020. The first-order valence-corrected chi connectivity index (χ1v) is 15.6. The Morgan fingerprint density at radius 1 is 0.917 bits per heavy atom. The Kier molecular flexibility index (Phi) is 11.8. The van der Waals surface area contributed by atoms with Gasteiger partial charge in [0.2, 0.25) is 0 Å². The quantitative estimate of drug-likeness (QED) is 0.301. The topological polar surface area (TPSA) is 78.4 Å². The number of phenolic OH excluding ortho intramolecular Hbond substituents is 1. The van der Waals surface area contributed by atoms with Gasteiger partial charge in [-0.2, -0.15) is 0 Å². The molecule has 2 aromatic carbocycles. The molecule has 7 heteroatoms. The molecule has 0 aliphatic heterocycles. The largest absolute Gasteiger partial charge is 0.508 e. The van der Waals surface area contributed by atoms with Crippen molar-refractivity contribution in [2.45, 2.75) is 64.5 Å². The van der Waals surface area contributed by atoms with Crippen LogP contribution in [0.3, 0.4) is 0 Å². The highest BCUT2D eigenvalue weighted by atomic mass is 32.2. The molecule has 5 nitrogen and oxygen atoms in total. The van der Waals surface area contributed by atoms with Crippen LogP contribution in [0.1, 0.15) is 56.7 Å². The van der Waals surface area contributed by atoms with Gasteiger partial charge in [-0.1, -0.05) is 55.0 Å². The second-order valence-electron chi connectivity index (χ2n) is 10.2. The molecule has 0 spiro atoms. The molecule has 3 N–H and O–H groups in total. The molecule has 4 unspecified atom stereocenters. The van der Waals surface area contributed by atoms with Gasteiger partial charge in [-0.25, -0.2) is 17.9 Å². The van der Waals surface area contributed by atoms with E-state index >= 15 is 0 Å². The molecule has 0 radical (unpaired) electrons. The van der Waals surface area contributed by atoms with Gasteiger partial charge in [0.25, 0.3) is 0 Å². The van der Waals surface area contributed by atoms with Crippen LogP contribution in [0.15, 0.2) is 60.2 Å². The van der Waals surface area contributed by atoms with Crippen molar-refractivity contribution in [2.75, 3.05) is 18.8 Å². The number of benzene rings is 2. The highest BCUT2D eigenvalue weighted by molar-refractivity contribution is 7.83. The van der Waals surface area contributed by atoms with Crippen LogP contribution in [-0.4, -0.2) is 37.6 Å². The van der Waals surface area contributed by atoms with Gasteiger partial charge >= 0.3 is 0 Å². The predicted octanol–water partition coefficient (Wildman–Crippen LogP) is 5.00. The van der Waals surface area contributed by atoms with Crippen LogP contribution in [0.4, 0.5) is 0 Å². The van der Waals surface area contributed by atoms with Crippen LogP contribution in [-0.2, 0) is 41.2 Å². The molecule has 0 bridgehead atoms. The zero-order valence-corrected chi connectivity index (χ0v) is 23.5. The lowest BCUT2D eigenvalue weighted by molar-refractivity contribution is 0.327. The van der Waals surface area contributed by atoms with E-state index in [0.29, 0.717) is 24.1 Å². The Morgan fingerprint density at radius 3 is 2.19 bits per heavy atom. The van der Waals surface area contributed by atoms with E-state index < -0.39 is 22.0 Å². The molecule has 198 valence electrons. The number of phenols is 1. The van der Waals surface area contributed by atoms with Crippen LogP contribution in [0.25, 0.3) is 0 Å². The summed E-state index contributed by atoms with van der Waals surface area (Å²) in [4.78, 5) is 0. The molecule has 0 saturated carbocycles. The maximum atomic E-state index is 12.2. The first kappa shape index (κ1) is 28.8. The van der Waals surface area contributed by atoms with Gasteiger partial charge in [0.1, 0.15) is 5.75 Å². The molecule has 36 heavy (non-hydrogen) atoms. The summed E-state index contributed by atoms with van der Waals surface area (Å²) in [7, 11) is -2.00. The van der Waals surface area contributed by atoms with Crippen LogP contribution in [0.5, 0.6) is 5.75 Å². The third-order valence-electron chi connectivity index (χ3n) is 6.97. The highest BCUT2D eigenvalue weighted by Gasteiger charge is 2.21. The summed E-state index contributed by atoms with van der Waals surface area (Å²) < 4.78 is 30.5. The van der Waals surface area contributed by atoms with Gasteiger partial charge in [-0.15, -0.1) is 0 Å². The number of allylic oxidation sites excluding steroid dienone is 2. The van der Waals surface area contributed by atoms with Crippen molar-refractivity contribution >= 4 is 22.0 Å². The fourth-order valence-corrected chi connectivity index (χ4v) is 6.13. The van der Waals surface area contributed by atoms with Crippen LogP contribution in [0.2, 0.25) is 0 Å².